The van der Waals surface area contributed by atoms with E-state index in [0.717, 1.165) is 31.1 Å². The third kappa shape index (κ3) is 4.05. The van der Waals surface area contributed by atoms with Crippen LogP contribution in [0.1, 0.15) is 43.1 Å². The monoisotopic (exact) mass is 384 g/mol. The molecule has 0 saturated heterocycles. The number of pyridine rings is 1. The lowest BCUT2D eigenvalue weighted by molar-refractivity contribution is -0.0210. The highest BCUT2D eigenvalue weighted by Gasteiger charge is 2.25. The summed E-state index contributed by atoms with van der Waals surface area (Å²) in [5, 5.41) is 20.2. The van der Waals surface area contributed by atoms with Crippen LogP contribution in [0.3, 0.4) is 0 Å². The predicted octanol–water partition coefficient (Wildman–Crippen LogP) is 1.58. The fraction of sp³-hybridized carbons (Fsp3) is 0.474. The summed E-state index contributed by atoms with van der Waals surface area (Å²) >= 11 is 0. The van der Waals surface area contributed by atoms with Crippen LogP contribution in [0.25, 0.3) is 16.7 Å². The van der Waals surface area contributed by atoms with E-state index in [1.165, 1.54) is 0 Å². The maximum absolute atomic E-state index is 12.9. The van der Waals surface area contributed by atoms with E-state index in [1.807, 2.05) is 6.07 Å². The van der Waals surface area contributed by atoms with E-state index in [4.69, 9.17) is 4.74 Å². The molecule has 1 amide bonds. The largest absolute Gasteiger partial charge is 0.391 e. The number of H-pyrrole nitrogens is 1. The Kier molecular flexibility index (Phi) is 5.36. The summed E-state index contributed by atoms with van der Waals surface area (Å²) < 4.78 is 7.45. The second kappa shape index (κ2) is 8.07. The Balaban J connectivity index is 1.45. The number of ether oxygens (including phenoxy) is 1. The minimum atomic E-state index is -0.455. The number of aliphatic hydroxyl groups excluding tert-OH is 1. The van der Waals surface area contributed by atoms with Crippen LogP contribution >= 0.6 is 0 Å². The van der Waals surface area contributed by atoms with Gasteiger partial charge < -0.3 is 15.2 Å². The Labute approximate surface area is 162 Å². The number of rotatable bonds is 6. The van der Waals surface area contributed by atoms with Crippen LogP contribution in [-0.2, 0) is 4.74 Å². The number of aliphatic hydroxyl groups is 1. The van der Waals surface area contributed by atoms with Crippen molar-refractivity contribution in [2.75, 3.05) is 6.61 Å². The van der Waals surface area contributed by atoms with Crippen LogP contribution in [-0.4, -0.2) is 60.6 Å². The molecule has 9 heteroatoms. The van der Waals surface area contributed by atoms with Gasteiger partial charge in [0.1, 0.15) is 12.1 Å². The molecule has 0 aliphatic heterocycles. The van der Waals surface area contributed by atoms with Crippen LogP contribution in [0.5, 0.6) is 0 Å². The molecule has 3 aromatic heterocycles. The fourth-order valence-corrected chi connectivity index (χ4v) is 3.53. The number of hydrogen-bond acceptors (Lipinski definition) is 6. The number of aromatic nitrogens is 5. The number of nitrogens with zero attached hydrogens (tertiary/aromatic N) is 4. The zero-order valence-electron chi connectivity index (χ0n) is 15.7. The first-order valence-electron chi connectivity index (χ1n) is 9.53. The third-order valence-electron chi connectivity index (χ3n) is 4.98. The SMILES string of the molecule is C[C@H](O)CO[C@H]1CC[C@H](NC(=O)c2nc(-n3ccnc3)cc3cn[nH]c23)CC1. The molecule has 3 heterocycles. The molecular formula is C19H24N6O3. The maximum Gasteiger partial charge on any atom is 0.272 e. The van der Waals surface area contributed by atoms with Crippen molar-refractivity contribution >= 4 is 16.8 Å². The van der Waals surface area contributed by atoms with Crippen molar-refractivity contribution in [3.63, 3.8) is 0 Å². The minimum absolute atomic E-state index is 0.0792. The number of nitrogens with one attached hydrogen (secondary N) is 2. The molecule has 9 nitrogen and oxygen atoms in total. The van der Waals surface area contributed by atoms with E-state index in [1.54, 1.807) is 36.4 Å². The van der Waals surface area contributed by atoms with Crippen molar-refractivity contribution in [3.05, 3.63) is 36.7 Å². The first kappa shape index (κ1) is 18.6. The standard InChI is InChI=1S/C19H24N6O3/c1-12(26)10-28-15-4-2-14(3-5-15)22-19(27)18-17-13(9-21-24-17)8-16(23-18)25-7-6-20-11-25/h6-9,11-12,14-15,26H,2-5,10H2,1H3,(H,21,24)(H,22,27)/t12-,14-,15-/m0/s1. The number of aromatic amines is 1. The first-order valence-corrected chi connectivity index (χ1v) is 9.53. The number of carbonyl (C=O) groups excluding carboxylic acids is 1. The topological polar surface area (TPSA) is 118 Å². The molecule has 1 fully saturated rings. The zero-order chi connectivity index (χ0) is 19.5. The van der Waals surface area contributed by atoms with Crippen LogP contribution in [0.15, 0.2) is 31.0 Å². The van der Waals surface area contributed by atoms with E-state index in [9.17, 15) is 9.90 Å². The van der Waals surface area contributed by atoms with Gasteiger partial charge in [-0.2, -0.15) is 5.10 Å². The predicted molar refractivity (Wildman–Crippen MR) is 102 cm³/mol. The van der Waals surface area contributed by atoms with Crippen molar-refractivity contribution in [3.8, 4) is 5.82 Å². The third-order valence-corrected chi connectivity index (χ3v) is 4.98. The number of hydrogen-bond donors (Lipinski definition) is 3. The Hall–Kier alpha value is -2.78. The molecule has 0 bridgehead atoms. The average molecular weight is 384 g/mol. The highest BCUT2D eigenvalue weighted by atomic mass is 16.5. The van der Waals surface area contributed by atoms with Gasteiger partial charge in [-0.3, -0.25) is 14.5 Å². The summed E-state index contributed by atoms with van der Waals surface area (Å²) in [5.74, 6) is 0.399. The van der Waals surface area contributed by atoms with Crippen molar-refractivity contribution in [2.24, 2.45) is 0 Å². The molecular weight excluding hydrogens is 360 g/mol. The van der Waals surface area contributed by atoms with E-state index >= 15 is 0 Å². The van der Waals surface area contributed by atoms with Gasteiger partial charge in [-0.05, 0) is 38.7 Å². The Morgan fingerprint density at radius 2 is 2.25 bits per heavy atom. The van der Waals surface area contributed by atoms with Gasteiger partial charge >= 0.3 is 0 Å². The molecule has 0 aromatic carbocycles. The summed E-state index contributed by atoms with van der Waals surface area (Å²) in [5.41, 5.74) is 0.946. The average Bonchev–Trinajstić information content (AvgIpc) is 3.38. The second-order valence-electron chi connectivity index (χ2n) is 7.26. The summed E-state index contributed by atoms with van der Waals surface area (Å²) in [6, 6.07) is 1.94. The molecule has 0 radical (unpaired) electrons. The van der Waals surface area contributed by atoms with Gasteiger partial charge in [0.15, 0.2) is 5.69 Å². The van der Waals surface area contributed by atoms with Crippen molar-refractivity contribution in [2.45, 2.75) is 50.9 Å². The number of carbonyl (C=O) groups is 1. The van der Waals surface area contributed by atoms with Crippen molar-refractivity contribution in [1.29, 1.82) is 0 Å². The summed E-state index contributed by atoms with van der Waals surface area (Å²) in [4.78, 5) is 21.5. The molecule has 1 saturated carbocycles. The Morgan fingerprint density at radius 1 is 1.43 bits per heavy atom. The highest BCUT2D eigenvalue weighted by Crippen LogP contribution is 2.23. The molecule has 28 heavy (non-hydrogen) atoms. The van der Waals surface area contributed by atoms with Gasteiger partial charge in [0.25, 0.3) is 5.91 Å². The molecule has 148 valence electrons. The molecule has 1 atom stereocenters. The van der Waals surface area contributed by atoms with E-state index in [2.05, 4.69) is 25.5 Å². The smallest absolute Gasteiger partial charge is 0.272 e. The minimum Gasteiger partial charge on any atom is -0.391 e. The number of imidazole rings is 1. The molecule has 3 N–H and O–H groups in total. The van der Waals surface area contributed by atoms with Gasteiger partial charge in [0.05, 0.1) is 30.5 Å². The quantitative estimate of drug-likeness (QED) is 0.594. The zero-order valence-corrected chi connectivity index (χ0v) is 15.7. The van der Waals surface area contributed by atoms with Gasteiger partial charge in [0, 0.05) is 23.8 Å². The van der Waals surface area contributed by atoms with Gasteiger partial charge in [-0.1, -0.05) is 0 Å². The lowest BCUT2D eigenvalue weighted by Crippen LogP contribution is -2.39. The summed E-state index contributed by atoms with van der Waals surface area (Å²) in [6.07, 6.45) is 9.85. The molecule has 0 unspecified atom stereocenters. The normalized spacial score (nSPS) is 20.9. The molecule has 0 spiro atoms. The lowest BCUT2D eigenvalue weighted by Gasteiger charge is -2.29. The van der Waals surface area contributed by atoms with E-state index in [-0.39, 0.29) is 18.1 Å². The van der Waals surface area contributed by atoms with Crippen molar-refractivity contribution < 1.29 is 14.6 Å². The Morgan fingerprint density at radius 3 is 2.96 bits per heavy atom. The highest BCUT2D eigenvalue weighted by molar-refractivity contribution is 6.04. The molecule has 1 aliphatic rings. The number of amides is 1. The Bertz CT molecular complexity index is 928. The van der Waals surface area contributed by atoms with Crippen LogP contribution in [0, 0.1) is 0 Å². The van der Waals surface area contributed by atoms with Crippen LogP contribution < -0.4 is 5.32 Å². The molecule has 4 rings (SSSR count). The molecule has 1 aliphatic carbocycles. The van der Waals surface area contributed by atoms with Crippen LogP contribution in [0.2, 0.25) is 0 Å². The summed E-state index contributed by atoms with van der Waals surface area (Å²) in [6.45, 7) is 2.07. The molecule has 3 aromatic rings. The lowest BCUT2D eigenvalue weighted by atomic mass is 9.93. The summed E-state index contributed by atoms with van der Waals surface area (Å²) in [7, 11) is 0. The van der Waals surface area contributed by atoms with Gasteiger partial charge in [-0.15, -0.1) is 0 Å². The number of fused-ring (bicyclic) bond motifs is 1. The van der Waals surface area contributed by atoms with E-state index < -0.39 is 6.10 Å². The van der Waals surface area contributed by atoms with Gasteiger partial charge in [-0.25, -0.2) is 9.97 Å². The van der Waals surface area contributed by atoms with Crippen LogP contribution in [0.4, 0.5) is 0 Å². The fourth-order valence-electron chi connectivity index (χ4n) is 3.53. The van der Waals surface area contributed by atoms with Crippen molar-refractivity contribution in [1.82, 2.24) is 30.0 Å². The maximum atomic E-state index is 12.9. The van der Waals surface area contributed by atoms with E-state index in [0.29, 0.717) is 23.6 Å². The van der Waals surface area contributed by atoms with Gasteiger partial charge in [0.2, 0.25) is 0 Å². The first-order chi connectivity index (χ1) is 13.6. The second-order valence-corrected chi connectivity index (χ2v) is 7.26.